The normalized spacial score (nSPS) is 12.4. The number of fused-ring (bicyclic) bond motifs is 1. The van der Waals surface area contributed by atoms with Crippen LogP contribution < -0.4 is 14.2 Å². The van der Waals surface area contributed by atoms with Crippen molar-refractivity contribution in [2.24, 2.45) is 0 Å². The topological polar surface area (TPSA) is 45.5 Å². The first-order chi connectivity index (χ1) is 10.9. The molecule has 110 valence electrons. The van der Waals surface area contributed by atoms with E-state index in [1.54, 1.807) is 13.3 Å². The number of hydrogen-bond donors (Lipinski definition) is 0. The lowest BCUT2D eigenvalue weighted by Crippen LogP contribution is -2.01. The minimum atomic E-state index is 0.268. The van der Waals surface area contributed by atoms with Gasteiger partial charge in [-0.15, -0.1) is 0 Å². The first-order valence-electron chi connectivity index (χ1n) is 6.94. The van der Waals surface area contributed by atoms with Crippen molar-refractivity contribution in [3.8, 4) is 34.2 Å². The molecule has 0 N–H and O–H groups in total. The van der Waals surface area contributed by atoms with Crippen LogP contribution in [-0.2, 0) is 0 Å². The smallest absolute Gasteiger partial charge is 0.231 e. The quantitative estimate of drug-likeness (QED) is 0.743. The number of nitrogens with zero attached hydrogens (tertiary/aromatic N) is 2. The van der Waals surface area contributed by atoms with Crippen LogP contribution in [0.25, 0.3) is 16.9 Å². The van der Waals surface area contributed by atoms with Gasteiger partial charge in [0.1, 0.15) is 11.4 Å². The lowest BCUT2D eigenvalue weighted by Gasteiger charge is -2.12. The van der Waals surface area contributed by atoms with Gasteiger partial charge in [-0.25, -0.2) is 4.68 Å². The lowest BCUT2D eigenvalue weighted by atomic mass is 10.1. The van der Waals surface area contributed by atoms with Crippen LogP contribution in [0.15, 0.2) is 54.7 Å². The van der Waals surface area contributed by atoms with E-state index in [4.69, 9.17) is 14.2 Å². The number of methoxy groups -OCH3 is 1. The molecule has 1 aliphatic heterocycles. The first kappa shape index (κ1) is 12.8. The second-order valence-electron chi connectivity index (χ2n) is 4.87. The standard InChI is InChI=1S/C17H14N2O3/c1-20-15-5-3-2-4-14(15)19-13(8-9-18-19)12-6-7-16-17(10-12)22-11-21-16/h2-10H,11H2,1H3. The van der Waals surface area contributed by atoms with Gasteiger partial charge in [0.2, 0.25) is 6.79 Å². The summed E-state index contributed by atoms with van der Waals surface area (Å²) in [5.41, 5.74) is 2.86. The maximum absolute atomic E-state index is 5.45. The van der Waals surface area contributed by atoms with Gasteiger partial charge in [0, 0.05) is 5.56 Å². The third-order valence-electron chi connectivity index (χ3n) is 3.62. The molecule has 2 heterocycles. The third-order valence-corrected chi connectivity index (χ3v) is 3.62. The van der Waals surface area contributed by atoms with Crippen molar-refractivity contribution in [1.82, 2.24) is 9.78 Å². The second kappa shape index (κ2) is 5.11. The highest BCUT2D eigenvalue weighted by molar-refractivity contribution is 5.67. The summed E-state index contributed by atoms with van der Waals surface area (Å²) in [5.74, 6) is 2.30. The fourth-order valence-electron chi connectivity index (χ4n) is 2.57. The van der Waals surface area contributed by atoms with E-state index in [2.05, 4.69) is 5.10 Å². The van der Waals surface area contributed by atoms with Crippen molar-refractivity contribution < 1.29 is 14.2 Å². The lowest BCUT2D eigenvalue weighted by molar-refractivity contribution is 0.174. The van der Waals surface area contributed by atoms with Gasteiger partial charge in [-0.2, -0.15) is 5.10 Å². The molecule has 5 nitrogen and oxygen atoms in total. The number of rotatable bonds is 3. The largest absolute Gasteiger partial charge is 0.494 e. The van der Waals surface area contributed by atoms with E-state index in [0.29, 0.717) is 0 Å². The summed E-state index contributed by atoms with van der Waals surface area (Å²) < 4.78 is 18.1. The summed E-state index contributed by atoms with van der Waals surface area (Å²) in [6.45, 7) is 0.268. The zero-order valence-electron chi connectivity index (χ0n) is 12.0. The molecular weight excluding hydrogens is 280 g/mol. The molecule has 0 atom stereocenters. The van der Waals surface area contributed by atoms with E-state index in [9.17, 15) is 0 Å². The van der Waals surface area contributed by atoms with Crippen molar-refractivity contribution in [1.29, 1.82) is 0 Å². The molecule has 0 amide bonds. The number of para-hydroxylation sites is 2. The number of aromatic nitrogens is 2. The Labute approximate surface area is 127 Å². The molecule has 0 unspecified atom stereocenters. The van der Waals surface area contributed by atoms with Crippen LogP contribution >= 0.6 is 0 Å². The van der Waals surface area contributed by atoms with E-state index < -0.39 is 0 Å². The summed E-state index contributed by atoms with van der Waals surface area (Å²) in [6, 6.07) is 15.6. The van der Waals surface area contributed by atoms with E-state index in [0.717, 1.165) is 34.2 Å². The van der Waals surface area contributed by atoms with Gasteiger partial charge >= 0.3 is 0 Å². The summed E-state index contributed by atoms with van der Waals surface area (Å²) in [6.07, 6.45) is 1.77. The van der Waals surface area contributed by atoms with Crippen LogP contribution in [0, 0.1) is 0 Å². The van der Waals surface area contributed by atoms with Crippen LogP contribution in [-0.4, -0.2) is 23.7 Å². The molecule has 0 aliphatic carbocycles. The Morgan fingerprint density at radius 2 is 1.91 bits per heavy atom. The van der Waals surface area contributed by atoms with Crippen LogP contribution in [0.5, 0.6) is 17.2 Å². The zero-order valence-corrected chi connectivity index (χ0v) is 12.0. The Kier molecular flexibility index (Phi) is 2.96. The van der Waals surface area contributed by atoms with Crippen LogP contribution in [0.3, 0.4) is 0 Å². The average molecular weight is 294 g/mol. The van der Waals surface area contributed by atoms with Gasteiger partial charge in [0.15, 0.2) is 11.5 Å². The molecule has 0 radical (unpaired) electrons. The maximum atomic E-state index is 5.45. The van der Waals surface area contributed by atoms with Crippen LogP contribution in [0.2, 0.25) is 0 Å². The van der Waals surface area contributed by atoms with Gasteiger partial charge in [0.25, 0.3) is 0 Å². The molecule has 4 rings (SSSR count). The summed E-state index contributed by atoms with van der Waals surface area (Å²) >= 11 is 0. The maximum Gasteiger partial charge on any atom is 0.231 e. The van der Waals surface area contributed by atoms with Gasteiger partial charge in [-0.05, 0) is 36.4 Å². The SMILES string of the molecule is COc1ccccc1-n1nccc1-c1ccc2c(c1)OCO2. The fourth-order valence-corrected chi connectivity index (χ4v) is 2.57. The molecule has 3 aromatic rings. The molecule has 2 aromatic carbocycles. The third kappa shape index (κ3) is 1.98. The molecule has 5 heteroatoms. The highest BCUT2D eigenvalue weighted by Gasteiger charge is 2.17. The second-order valence-corrected chi connectivity index (χ2v) is 4.87. The predicted octanol–water partition coefficient (Wildman–Crippen LogP) is 3.28. The highest BCUT2D eigenvalue weighted by Crippen LogP contribution is 2.36. The number of ether oxygens (including phenoxy) is 3. The summed E-state index contributed by atoms with van der Waals surface area (Å²) in [7, 11) is 1.66. The fraction of sp³-hybridized carbons (Fsp3) is 0.118. The molecule has 1 aromatic heterocycles. The van der Waals surface area contributed by atoms with E-state index in [1.165, 1.54) is 0 Å². The minimum absolute atomic E-state index is 0.268. The Hall–Kier alpha value is -2.95. The monoisotopic (exact) mass is 294 g/mol. The molecule has 0 saturated heterocycles. The van der Waals surface area contributed by atoms with Gasteiger partial charge in [-0.1, -0.05) is 12.1 Å². The molecule has 1 aliphatic rings. The van der Waals surface area contributed by atoms with E-state index in [-0.39, 0.29) is 6.79 Å². The van der Waals surface area contributed by atoms with Gasteiger partial charge in [-0.3, -0.25) is 0 Å². The minimum Gasteiger partial charge on any atom is -0.494 e. The molecule has 22 heavy (non-hydrogen) atoms. The van der Waals surface area contributed by atoms with Crippen molar-refractivity contribution in [2.75, 3.05) is 13.9 Å². The Bertz CT molecular complexity index is 826. The summed E-state index contributed by atoms with van der Waals surface area (Å²) in [5, 5.41) is 4.43. The first-order valence-corrected chi connectivity index (χ1v) is 6.94. The predicted molar refractivity (Wildman–Crippen MR) is 81.7 cm³/mol. The number of hydrogen-bond acceptors (Lipinski definition) is 4. The van der Waals surface area contributed by atoms with Crippen molar-refractivity contribution in [2.45, 2.75) is 0 Å². The Balaban J connectivity index is 1.83. The zero-order chi connectivity index (χ0) is 14.9. The summed E-state index contributed by atoms with van der Waals surface area (Å²) in [4.78, 5) is 0. The van der Waals surface area contributed by atoms with Gasteiger partial charge in [0.05, 0.1) is 19.0 Å². The van der Waals surface area contributed by atoms with E-state index >= 15 is 0 Å². The molecule has 0 fully saturated rings. The Morgan fingerprint density at radius 3 is 2.82 bits per heavy atom. The molecule has 0 spiro atoms. The van der Waals surface area contributed by atoms with Crippen LogP contribution in [0.1, 0.15) is 0 Å². The van der Waals surface area contributed by atoms with Crippen molar-refractivity contribution >= 4 is 0 Å². The molecule has 0 bridgehead atoms. The molecule has 0 saturated carbocycles. The molecular formula is C17H14N2O3. The highest BCUT2D eigenvalue weighted by atomic mass is 16.7. The van der Waals surface area contributed by atoms with E-state index in [1.807, 2.05) is 53.2 Å². The Morgan fingerprint density at radius 1 is 1.05 bits per heavy atom. The van der Waals surface area contributed by atoms with Crippen LogP contribution in [0.4, 0.5) is 0 Å². The van der Waals surface area contributed by atoms with Gasteiger partial charge < -0.3 is 14.2 Å². The average Bonchev–Trinajstić information content (AvgIpc) is 3.22. The van der Waals surface area contributed by atoms with Crippen molar-refractivity contribution in [3.05, 3.63) is 54.7 Å². The number of benzene rings is 2. The van der Waals surface area contributed by atoms with Crippen molar-refractivity contribution in [3.63, 3.8) is 0 Å².